The fraction of sp³-hybridized carbons (Fsp3) is 0.538. The van der Waals surface area contributed by atoms with Gasteiger partial charge in [0, 0.05) is 11.6 Å². The van der Waals surface area contributed by atoms with E-state index in [1.165, 1.54) is 18.6 Å². The highest BCUT2D eigenvalue weighted by Gasteiger charge is 2.27. The van der Waals surface area contributed by atoms with E-state index in [1.807, 2.05) is 0 Å². The van der Waals surface area contributed by atoms with Crippen molar-refractivity contribution in [3.63, 3.8) is 0 Å². The van der Waals surface area contributed by atoms with Crippen molar-refractivity contribution in [2.75, 3.05) is 0 Å². The quantitative estimate of drug-likeness (QED) is 0.792. The van der Waals surface area contributed by atoms with Crippen LogP contribution < -0.4 is 5.73 Å². The van der Waals surface area contributed by atoms with Crippen molar-refractivity contribution in [3.8, 4) is 0 Å². The second kappa shape index (κ2) is 6.69. The summed E-state index contributed by atoms with van der Waals surface area (Å²) in [5, 5.41) is -0.0624. The van der Waals surface area contributed by atoms with Crippen LogP contribution in [0.4, 0.5) is 8.78 Å². The van der Waals surface area contributed by atoms with Crippen LogP contribution in [0.3, 0.4) is 0 Å². The molecule has 1 aromatic carbocycles. The first-order chi connectivity index (χ1) is 8.11. The van der Waals surface area contributed by atoms with Crippen LogP contribution in [-0.2, 0) is 0 Å². The van der Waals surface area contributed by atoms with Gasteiger partial charge in [-0.3, -0.25) is 0 Å². The van der Waals surface area contributed by atoms with Gasteiger partial charge in [0.15, 0.2) is 0 Å². The maximum atomic E-state index is 13.8. The predicted octanol–water partition coefficient (Wildman–Crippen LogP) is 4.62. The van der Waals surface area contributed by atoms with Gasteiger partial charge in [-0.15, -0.1) is 12.4 Å². The minimum Gasteiger partial charge on any atom is -0.324 e. The Kier molecular flexibility index (Phi) is 5.83. The Morgan fingerprint density at radius 2 is 1.78 bits per heavy atom. The molecular formula is C13H17Cl2F2N. The molecule has 0 heterocycles. The molecule has 0 aromatic heterocycles. The standard InChI is InChI=1S/C13H16ClF2N.ClH/c14-9-6-7-10(15)11(12(9)16)13(17)8-4-2-1-3-5-8;/h6-8,13H,1-5,17H2;1H/t13-;/m0./s1. The molecule has 1 saturated carbocycles. The molecule has 0 unspecified atom stereocenters. The summed E-state index contributed by atoms with van der Waals surface area (Å²) in [4.78, 5) is 0. The van der Waals surface area contributed by atoms with E-state index < -0.39 is 17.7 Å². The van der Waals surface area contributed by atoms with Crippen molar-refractivity contribution in [3.05, 3.63) is 34.4 Å². The van der Waals surface area contributed by atoms with Crippen molar-refractivity contribution >= 4 is 24.0 Å². The lowest BCUT2D eigenvalue weighted by molar-refractivity contribution is 0.298. The Labute approximate surface area is 117 Å². The lowest BCUT2D eigenvalue weighted by Gasteiger charge is -2.28. The molecule has 18 heavy (non-hydrogen) atoms. The first-order valence-electron chi connectivity index (χ1n) is 6.00. The first kappa shape index (κ1) is 15.7. The van der Waals surface area contributed by atoms with Gasteiger partial charge in [-0.1, -0.05) is 30.9 Å². The Morgan fingerprint density at radius 1 is 1.17 bits per heavy atom. The minimum absolute atomic E-state index is 0. The number of halogens is 4. The Bertz CT molecular complexity index is 406. The molecule has 1 aromatic rings. The van der Waals surface area contributed by atoms with E-state index in [4.69, 9.17) is 17.3 Å². The van der Waals surface area contributed by atoms with Crippen LogP contribution in [0, 0.1) is 17.6 Å². The van der Waals surface area contributed by atoms with Gasteiger partial charge in [0.05, 0.1) is 5.02 Å². The highest BCUT2D eigenvalue weighted by atomic mass is 35.5. The summed E-state index contributed by atoms with van der Waals surface area (Å²) >= 11 is 5.67. The van der Waals surface area contributed by atoms with Gasteiger partial charge in [-0.2, -0.15) is 0 Å². The molecule has 1 aliphatic carbocycles. The molecule has 2 N–H and O–H groups in total. The second-order valence-electron chi connectivity index (χ2n) is 4.68. The van der Waals surface area contributed by atoms with Crippen molar-refractivity contribution in [2.24, 2.45) is 11.7 Å². The SMILES string of the molecule is Cl.N[C@H](c1c(F)ccc(Cl)c1F)C1CCCCC1. The number of benzene rings is 1. The van der Waals surface area contributed by atoms with Crippen molar-refractivity contribution in [1.82, 2.24) is 0 Å². The van der Waals surface area contributed by atoms with E-state index >= 15 is 0 Å². The Balaban J connectivity index is 0.00000162. The van der Waals surface area contributed by atoms with Crippen LogP contribution in [-0.4, -0.2) is 0 Å². The molecule has 2 rings (SSSR count). The van der Waals surface area contributed by atoms with Gasteiger partial charge in [0.1, 0.15) is 11.6 Å². The lowest BCUT2D eigenvalue weighted by Crippen LogP contribution is -2.25. The van der Waals surface area contributed by atoms with Crippen molar-refractivity contribution < 1.29 is 8.78 Å². The maximum absolute atomic E-state index is 13.8. The van der Waals surface area contributed by atoms with Crippen LogP contribution in [0.2, 0.25) is 5.02 Å². The first-order valence-corrected chi connectivity index (χ1v) is 6.38. The average molecular weight is 296 g/mol. The number of hydrogen-bond donors (Lipinski definition) is 1. The van der Waals surface area contributed by atoms with E-state index in [0.717, 1.165) is 25.7 Å². The Morgan fingerprint density at radius 3 is 2.39 bits per heavy atom. The molecule has 1 atom stereocenters. The fourth-order valence-corrected chi connectivity index (χ4v) is 2.74. The molecule has 0 bridgehead atoms. The average Bonchev–Trinajstić information content (AvgIpc) is 2.35. The molecular weight excluding hydrogens is 279 g/mol. The number of rotatable bonds is 2. The molecule has 0 saturated heterocycles. The third-order valence-electron chi connectivity index (χ3n) is 3.57. The summed E-state index contributed by atoms with van der Waals surface area (Å²) in [6, 6.07) is 1.82. The van der Waals surface area contributed by atoms with E-state index in [9.17, 15) is 8.78 Å². The maximum Gasteiger partial charge on any atom is 0.149 e. The molecule has 1 nitrogen and oxygen atoms in total. The van der Waals surface area contributed by atoms with Crippen LogP contribution in [0.15, 0.2) is 12.1 Å². The molecule has 0 aliphatic heterocycles. The monoisotopic (exact) mass is 295 g/mol. The summed E-state index contributed by atoms with van der Waals surface area (Å²) in [5.41, 5.74) is 5.95. The van der Waals surface area contributed by atoms with Gasteiger partial charge < -0.3 is 5.73 Å². The van der Waals surface area contributed by atoms with Crippen LogP contribution in [0.25, 0.3) is 0 Å². The summed E-state index contributed by atoms with van der Waals surface area (Å²) in [5.74, 6) is -1.14. The third kappa shape index (κ3) is 3.14. The minimum atomic E-state index is -0.704. The number of nitrogens with two attached hydrogens (primary N) is 1. The molecule has 1 aliphatic rings. The largest absolute Gasteiger partial charge is 0.324 e. The summed E-state index contributed by atoms with van der Waals surface area (Å²) in [6.07, 6.45) is 5.23. The van der Waals surface area contributed by atoms with Gasteiger partial charge in [-0.25, -0.2) is 8.78 Å². The van der Waals surface area contributed by atoms with Crippen LogP contribution in [0.1, 0.15) is 43.7 Å². The highest BCUT2D eigenvalue weighted by Crippen LogP contribution is 2.36. The molecule has 0 spiro atoms. The van der Waals surface area contributed by atoms with E-state index in [1.54, 1.807) is 0 Å². The number of hydrogen-bond acceptors (Lipinski definition) is 1. The van der Waals surface area contributed by atoms with E-state index in [0.29, 0.717) is 0 Å². The Hall–Kier alpha value is -0.380. The van der Waals surface area contributed by atoms with Gasteiger partial charge >= 0.3 is 0 Å². The molecule has 0 radical (unpaired) electrons. The topological polar surface area (TPSA) is 26.0 Å². The third-order valence-corrected chi connectivity index (χ3v) is 3.86. The molecule has 5 heteroatoms. The van der Waals surface area contributed by atoms with Gasteiger partial charge in [-0.05, 0) is 30.9 Å². The van der Waals surface area contributed by atoms with Gasteiger partial charge in [0.25, 0.3) is 0 Å². The normalized spacial score (nSPS) is 18.2. The zero-order valence-electron chi connectivity index (χ0n) is 9.96. The molecule has 0 amide bonds. The second-order valence-corrected chi connectivity index (χ2v) is 5.09. The summed E-state index contributed by atoms with van der Waals surface area (Å²) < 4.78 is 27.5. The van der Waals surface area contributed by atoms with E-state index in [-0.39, 0.29) is 28.9 Å². The predicted molar refractivity (Wildman–Crippen MR) is 72.1 cm³/mol. The zero-order chi connectivity index (χ0) is 12.4. The molecule has 1 fully saturated rings. The smallest absolute Gasteiger partial charge is 0.149 e. The molecule has 102 valence electrons. The fourth-order valence-electron chi connectivity index (χ4n) is 2.58. The zero-order valence-corrected chi connectivity index (χ0v) is 11.5. The van der Waals surface area contributed by atoms with Crippen LogP contribution >= 0.6 is 24.0 Å². The van der Waals surface area contributed by atoms with Crippen molar-refractivity contribution in [1.29, 1.82) is 0 Å². The van der Waals surface area contributed by atoms with Gasteiger partial charge in [0.2, 0.25) is 0 Å². The lowest BCUT2D eigenvalue weighted by atomic mass is 9.81. The van der Waals surface area contributed by atoms with Crippen LogP contribution in [0.5, 0.6) is 0 Å². The summed E-state index contributed by atoms with van der Waals surface area (Å²) in [7, 11) is 0. The summed E-state index contributed by atoms with van der Waals surface area (Å²) in [6.45, 7) is 0. The van der Waals surface area contributed by atoms with Crippen molar-refractivity contribution in [2.45, 2.75) is 38.1 Å². The highest BCUT2D eigenvalue weighted by molar-refractivity contribution is 6.30. The van der Waals surface area contributed by atoms with E-state index in [2.05, 4.69) is 0 Å².